The molecule has 12 nitrogen and oxygen atoms in total. The van der Waals surface area contributed by atoms with E-state index in [1.807, 2.05) is 6.08 Å². The fourth-order valence-corrected chi connectivity index (χ4v) is 7.79. The lowest BCUT2D eigenvalue weighted by atomic mass is 9.99. The predicted octanol–water partition coefficient (Wildman–Crippen LogP) is 8.38. The van der Waals surface area contributed by atoms with Crippen LogP contribution in [0.2, 0.25) is 0 Å². The summed E-state index contributed by atoms with van der Waals surface area (Å²) in [5, 5.41) is 44.6. The number of rotatable bonds is 38. The van der Waals surface area contributed by atoms with Crippen molar-refractivity contribution in [2.24, 2.45) is 0 Å². The minimum absolute atomic E-state index is 0.261. The Labute approximate surface area is 340 Å². The molecule has 1 rings (SSSR count). The molecule has 0 aromatic rings. The molecule has 0 aromatic heterocycles. The maximum absolute atomic E-state index is 13.0. The summed E-state index contributed by atoms with van der Waals surface area (Å²) in [5.41, 5.74) is 0. The molecule has 0 aliphatic carbocycles. The maximum atomic E-state index is 13.0. The second-order valence-corrected chi connectivity index (χ2v) is 17.0. The zero-order valence-corrected chi connectivity index (χ0v) is 36.0. The van der Waals surface area contributed by atoms with Crippen LogP contribution in [-0.2, 0) is 28.9 Å². The van der Waals surface area contributed by atoms with Crippen LogP contribution in [0, 0.1) is 0 Å². The normalized spacial score (nSPS) is 21.4. The Morgan fingerprint density at radius 3 is 1.55 bits per heavy atom. The first-order valence-corrected chi connectivity index (χ1v) is 23.9. The smallest absolute Gasteiger partial charge is 0.394 e. The van der Waals surface area contributed by atoms with Gasteiger partial charge in [0, 0.05) is 6.42 Å². The number of hydrogen-bond donors (Lipinski definition) is 6. The monoisotopic (exact) mass is 822 g/mol. The highest BCUT2D eigenvalue weighted by molar-refractivity contribution is 7.80. The van der Waals surface area contributed by atoms with Crippen molar-refractivity contribution in [2.75, 3.05) is 13.2 Å². The van der Waals surface area contributed by atoms with E-state index in [0.29, 0.717) is 6.42 Å². The lowest BCUT2D eigenvalue weighted by Gasteiger charge is -2.41. The molecule has 6 N–H and O–H groups in total. The van der Waals surface area contributed by atoms with Gasteiger partial charge in [-0.15, -0.1) is 0 Å². The predicted molar refractivity (Wildman–Crippen MR) is 222 cm³/mol. The second kappa shape index (κ2) is 34.7. The number of nitrogens with one attached hydrogen (secondary N) is 1. The Balaban J connectivity index is 2.51. The number of aliphatic hydroxyl groups is 4. The van der Waals surface area contributed by atoms with E-state index in [1.54, 1.807) is 6.08 Å². The molecule has 1 fully saturated rings. The third kappa shape index (κ3) is 27.5. The van der Waals surface area contributed by atoms with Crippen molar-refractivity contribution in [3.8, 4) is 0 Å². The van der Waals surface area contributed by atoms with E-state index in [-0.39, 0.29) is 18.9 Å². The molecule has 0 bridgehead atoms. The average Bonchev–Trinajstić information content (AvgIpc) is 3.16. The van der Waals surface area contributed by atoms with Gasteiger partial charge < -0.3 is 35.2 Å². The molecule has 7 unspecified atom stereocenters. The quantitative estimate of drug-likeness (QED) is 0.0199. The molecular weight excluding hydrogens is 739 g/mol. The number of aliphatic hydroxyl groups excluding tert-OH is 4. The molecule has 332 valence electrons. The molecule has 56 heavy (non-hydrogen) atoms. The van der Waals surface area contributed by atoms with Crippen LogP contribution in [0.25, 0.3) is 0 Å². The Bertz CT molecular complexity index is 1060. The van der Waals surface area contributed by atoms with E-state index in [1.165, 1.54) is 135 Å². The molecular formula is C43H83NO11S. The van der Waals surface area contributed by atoms with Crippen molar-refractivity contribution in [3.63, 3.8) is 0 Å². The summed E-state index contributed by atoms with van der Waals surface area (Å²) in [7, 11) is -5.08. The number of hydrogen-bond acceptors (Lipinski definition) is 10. The first kappa shape index (κ1) is 52.9. The molecule has 13 heteroatoms. The van der Waals surface area contributed by atoms with Crippen LogP contribution in [0.5, 0.6) is 0 Å². The largest absolute Gasteiger partial charge is 0.397 e. The van der Waals surface area contributed by atoms with Gasteiger partial charge >= 0.3 is 10.4 Å². The Kier molecular flexibility index (Phi) is 32.7. The second-order valence-electron chi connectivity index (χ2n) is 16.0. The van der Waals surface area contributed by atoms with Crippen molar-refractivity contribution in [1.82, 2.24) is 5.32 Å². The van der Waals surface area contributed by atoms with Gasteiger partial charge in [-0.05, 0) is 19.3 Å². The molecule has 0 saturated carbocycles. The van der Waals surface area contributed by atoms with Crippen molar-refractivity contribution >= 4 is 16.3 Å². The summed E-state index contributed by atoms with van der Waals surface area (Å²) < 4.78 is 47.5. The van der Waals surface area contributed by atoms with E-state index in [2.05, 4.69) is 23.3 Å². The first-order chi connectivity index (χ1) is 27.0. The highest BCUT2D eigenvalue weighted by atomic mass is 32.3. The van der Waals surface area contributed by atoms with Crippen molar-refractivity contribution in [3.05, 3.63) is 12.2 Å². The van der Waals surface area contributed by atoms with Gasteiger partial charge in [-0.1, -0.05) is 187 Å². The molecule has 0 radical (unpaired) electrons. The summed E-state index contributed by atoms with van der Waals surface area (Å²) in [6.07, 6.45) is 28.2. The zero-order valence-electron chi connectivity index (χ0n) is 35.2. The summed E-state index contributed by atoms with van der Waals surface area (Å²) in [6.45, 7) is 3.38. The van der Waals surface area contributed by atoms with Crippen LogP contribution in [0.3, 0.4) is 0 Å². The summed E-state index contributed by atoms with van der Waals surface area (Å²) >= 11 is 0. The molecule has 1 aliphatic heterocycles. The third-order valence-electron chi connectivity index (χ3n) is 10.8. The van der Waals surface area contributed by atoms with Crippen LogP contribution in [0.1, 0.15) is 200 Å². The summed E-state index contributed by atoms with van der Waals surface area (Å²) in [6, 6.07) is -0.937. The van der Waals surface area contributed by atoms with Crippen LogP contribution in [-0.4, -0.2) is 95.4 Å². The van der Waals surface area contributed by atoms with Gasteiger partial charge in [-0.2, -0.15) is 8.42 Å². The van der Waals surface area contributed by atoms with E-state index in [0.717, 1.165) is 38.5 Å². The van der Waals surface area contributed by atoms with E-state index in [4.69, 9.17) is 14.0 Å². The van der Waals surface area contributed by atoms with Crippen LogP contribution in [0.4, 0.5) is 0 Å². The summed E-state index contributed by atoms with van der Waals surface area (Å²) in [5.74, 6) is -0.261. The standard InChI is InChI=1S/C43H83NO11S/c1-3-5-7-9-11-13-15-17-18-19-20-21-23-25-27-29-31-33-39(47)44-36(37(46)32-30-28-26-24-22-16-14-12-10-8-6-4-2)35-53-43-41(49)42(55-56(50,51)52)40(48)38(34-45)54-43/h30,32,36-38,40-43,45-46,48-49H,3-29,31,33-35H2,1-2H3,(H,44,47)(H,50,51,52)/b32-30+. The molecule has 7 atom stereocenters. The molecule has 1 amide bonds. The van der Waals surface area contributed by atoms with Gasteiger partial charge in [0.1, 0.15) is 24.4 Å². The highest BCUT2D eigenvalue weighted by Crippen LogP contribution is 2.26. The molecule has 0 aromatic carbocycles. The van der Waals surface area contributed by atoms with Crippen LogP contribution < -0.4 is 5.32 Å². The summed E-state index contributed by atoms with van der Waals surface area (Å²) in [4.78, 5) is 13.0. The number of unbranched alkanes of at least 4 members (excludes halogenated alkanes) is 26. The number of carbonyl (C=O) groups is 1. The Morgan fingerprint density at radius 1 is 0.696 bits per heavy atom. The Morgan fingerprint density at radius 2 is 1.12 bits per heavy atom. The van der Waals surface area contributed by atoms with Gasteiger partial charge in [-0.3, -0.25) is 9.35 Å². The van der Waals surface area contributed by atoms with Gasteiger partial charge in [0.2, 0.25) is 5.91 Å². The topological polar surface area (TPSA) is 192 Å². The van der Waals surface area contributed by atoms with Crippen molar-refractivity contribution in [1.29, 1.82) is 0 Å². The van der Waals surface area contributed by atoms with E-state index < -0.39 is 59.9 Å². The van der Waals surface area contributed by atoms with Crippen LogP contribution >= 0.6 is 0 Å². The Hall–Kier alpha value is -1.16. The maximum Gasteiger partial charge on any atom is 0.397 e. The highest BCUT2D eigenvalue weighted by Gasteiger charge is 2.48. The molecule has 0 spiro atoms. The minimum atomic E-state index is -5.08. The fourth-order valence-electron chi connectivity index (χ4n) is 7.28. The van der Waals surface area contributed by atoms with E-state index >= 15 is 0 Å². The SMILES string of the molecule is CCCCCCCCCCCC/C=C/C(O)C(COC1OC(CO)C(O)C(OS(=O)(=O)O)C1O)NC(=O)CCCCCCCCCCCCCCCCCCC. The fraction of sp³-hybridized carbons (Fsp3) is 0.930. The molecule has 1 saturated heterocycles. The van der Waals surface area contributed by atoms with Crippen molar-refractivity contribution in [2.45, 2.75) is 243 Å². The van der Waals surface area contributed by atoms with Gasteiger partial charge in [0.25, 0.3) is 0 Å². The third-order valence-corrected chi connectivity index (χ3v) is 11.3. The van der Waals surface area contributed by atoms with E-state index in [9.17, 15) is 33.6 Å². The van der Waals surface area contributed by atoms with Gasteiger partial charge in [0.15, 0.2) is 6.29 Å². The number of carbonyl (C=O) groups excluding carboxylic acids is 1. The minimum Gasteiger partial charge on any atom is -0.394 e. The number of allylic oxidation sites excluding steroid dienone is 1. The van der Waals surface area contributed by atoms with Gasteiger partial charge in [-0.25, -0.2) is 4.18 Å². The molecule has 1 heterocycles. The lowest BCUT2D eigenvalue weighted by Crippen LogP contribution is -2.61. The van der Waals surface area contributed by atoms with Crippen LogP contribution in [0.15, 0.2) is 12.2 Å². The van der Waals surface area contributed by atoms with Crippen molar-refractivity contribution < 1.29 is 51.8 Å². The zero-order chi connectivity index (χ0) is 41.3. The van der Waals surface area contributed by atoms with Gasteiger partial charge in [0.05, 0.1) is 25.4 Å². The molecule has 1 aliphatic rings. The number of ether oxygens (including phenoxy) is 2. The number of amides is 1. The first-order valence-electron chi connectivity index (χ1n) is 22.6. The lowest BCUT2D eigenvalue weighted by molar-refractivity contribution is -0.298. The average molecular weight is 822 g/mol.